The monoisotopic (exact) mass is 1060 g/mol. The van der Waals surface area contributed by atoms with Crippen molar-refractivity contribution >= 4 is 10.4 Å². The Balaban J connectivity index is 0.873. The van der Waals surface area contributed by atoms with E-state index < -0.39 is 214 Å². The molecule has 30 atom stereocenters. The molecule has 410 valence electrons. The van der Waals surface area contributed by atoms with E-state index in [9.17, 15) is 64.0 Å². The topological polar surface area (TPSA) is 423 Å². The zero-order chi connectivity index (χ0) is 50.8. The predicted molar refractivity (Wildman–Crippen MR) is 214 cm³/mol. The van der Waals surface area contributed by atoms with Gasteiger partial charge < -0.3 is 132 Å². The third-order valence-electron chi connectivity index (χ3n) is 14.1. The van der Waals surface area contributed by atoms with Crippen LogP contribution in [0, 0.1) is 0 Å². The molecule has 31 nitrogen and oxygen atoms in total. The van der Waals surface area contributed by atoms with Crippen LogP contribution in [0.15, 0.2) is 0 Å². The minimum absolute atomic E-state index is 0.0461. The van der Waals surface area contributed by atoms with Crippen molar-refractivity contribution in [1.82, 2.24) is 0 Å². The van der Waals surface area contributed by atoms with Crippen molar-refractivity contribution in [1.29, 1.82) is 0 Å². The van der Waals surface area contributed by atoms with Crippen molar-refractivity contribution in [2.45, 2.75) is 184 Å². The van der Waals surface area contributed by atoms with E-state index >= 15 is 0 Å². The Morgan fingerprint density at radius 1 is 0.408 bits per heavy atom. The molecule has 9 saturated heterocycles. The summed E-state index contributed by atoms with van der Waals surface area (Å²) in [6.45, 7) is -2.78. The van der Waals surface area contributed by atoms with Gasteiger partial charge in [0.1, 0.15) is 146 Å². The second-order valence-corrected chi connectivity index (χ2v) is 19.3. The molecule has 0 aliphatic carbocycles. The van der Waals surface area contributed by atoms with Crippen molar-refractivity contribution in [2.75, 3.05) is 61.0 Å². The highest BCUT2D eigenvalue weighted by Gasteiger charge is 2.62. The van der Waals surface area contributed by atoms with Crippen LogP contribution in [-0.4, -0.2) is 309 Å². The largest absolute Gasteiger partial charge is 0.397 e. The molecule has 0 aromatic heterocycles. The number of hydrogen-bond acceptors (Lipinski definition) is 30. The summed E-state index contributed by atoms with van der Waals surface area (Å²) in [5.41, 5.74) is 0. The Morgan fingerprint density at radius 2 is 0.803 bits per heavy atom. The number of fused-ring (bicyclic) bond motifs is 6. The first-order valence-corrected chi connectivity index (χ1v) is 24.2. The second kappa shape index (κ2) is 22.4. The molecule has 9 rings (SSSR count). The van der Waals surface area contributed by atoms with Gasteiger partial charge in [-0.15, -0.1) is 0 Å². The maximum absolute atomic E-state index is 12.0. The molecule has 0 amide bonds. The number of ether oxygens (including phenoxy) is 17. The van der Waals surface area contributed by atoms with Gasteiger partial charge >= 0.3 is 10.4 Å². The minimum Gasteiger partial charge on any atom is -0.394 e. The molecular formula is C39H62O31S. The highest BCUT2D eigenvalue weighted by atomic mass is 32.3. The van der Waals surface area contributed by atoms with Gasteiger partial charge in [0.05, 0.1) is 39.6 Å². The molecule has 71 heavy (non-hydrogen) atoms. The number of methoxy groups -OCH3 is 3. The van der Waals surface area contributed by atoms with Gasteiger partial charge in [0.25, 0.3) is 0 Å². The fraction of sp³-hybridized carbons (Fsp3) is 1.00. The molecule has 0 unspecified atom stereocenters. The van der Waals surface area contributed by atoms with Crippen LogP contribution in [0.5, 0.6) is 0 Å². The van der Waals surface area contributed by atoms with Gasteiger partial charge in [0.2, 0.25) is 0 Å². The predicted octanol–water partition coefficient (Wildman–Crippen LogP) is -9.17. The average Bonchev–Trinajstić information content (AvgIpc) is 3.88. The summed E-state index contributed by atoms with van der Waals surface area (Å²) in [5.74, 6) is 0. The van der Waals surface area contributed by atoms with Gasteiger partial charge in [0.15, 0.2) is 37.7 Å². The molecule has 9 heterocycles. The summed E-state index contributed by atoms with van der Waals surface area (Å²) in [4.78, 5) is 0. The third kappa shape index (κ3) is 10.5. The summed E-state index contributed by atoms with van der Waals surface area (Å²) in [6, 6.07) is 0. The number of rotatable bonds is 18. The molecule has 0 aromatic rings. The van der Waals surface area contributed by atoms with Gasteiger partial charge in [-0.2, -0.15) is 8.42 Å². The van der Waals surface area contributed by atoms with Crippen molar-refractivity contribution in [3.8, 4) is 0 Å². The van der Waals surface area contributed by atoms with Crippen molar-refractivity contribution in [3.63, 3.8) is 0 Å². The van der Waals surface area contributed by atoms with E-state index in [0.29, 0.717) is 0 Å². The van der Waals surface area contributed by atoms with Gasteiger partial charge in [-0.25, -0.2) is 4.18 Å². The molecule has 9 aliphatic heterocycles. The lowest BCUT2D eigenvalue weighted by Gasteiger charge is -2.48. The Bertz CT molecular complexity index is 1860. The Kier molecular flexibility index (Phi) is 17.2. The van der Waals surface area contributed by atoms with Gasteiger partial charge in [-0.3, -0.25) is 4.55 Å². The zero-order valence-electron chi connectivity index (χ0n) is 38.1. The summed E-state index contributed by atoms with van der Waals surface area (Å²) in [5, 5.41) is 107. The van der Waals surface area contributed by atoms with Gasteiger partial charge in [-0.1, -0.05) is 0 Å². The zero-order valence-corrected chi connectivity index (χ0v) is 38.9. The maximum atomic E-state index is 12.0. The van der Waals surface area contributed by atoms with E-state index in [1.54, 1.807) is 0 Å². The van der Waals surface area contributed by atoms with Crippen LogP contribution in [0.2, 0.25) is 0 Å². The highest BCUT2D eigenvalue weighted by Crippen LogP contribution is 2.42. The summed E-state index contributed by atoms with van der Waals surface area (Å²) in [7, 11) is -1.45. The fourth-order valence-corrected chi connectivity index (χ4v) is 11.1. The van der Waals surface area contributed by atoms with E-state index in [-0.39, 0.29) is 19.8 Å². The smallest absolute Gasteiger partial charge is 0.394 e. The molecule has 6 bridgehead atoms. The molecule has 0 saturated carbocycles. The molecule has 9 aliphatic rings. The summed E-state index contributed by atoms with van der Waals surface area (Å²) < 4.78 is 138. The van der Waals surface area contributed by atoms with E-state index in [2.05, 4.69) is 0 Å². The lowest BCUT2D eigenvalue weighted by molar-refractivity contribution is -0.381. The first-order chi connectivity index (χ1) is 33.9. The van der Waals surface area contributed by atoms with E-state index in [1.165, 1.54) is 21.3 Å². The fourth-order valence-electron chi connectivity index (χ4n) is 10.5. The highest BCUT2D eigenvalue weighted by molar-refractivity contribution is 7.80. The number of aliphatic hydroxyl groups excluding tert-OH is 10. The Labute approximate surface area is 403 Å². The first kappa shape index (κ1) is 54.6. The third-order valence-corrected chi connectivity index (χ3v) is 14.6. The van der Waals surface area contributed by atoms with Crippen LogP contribution >= 0.6 is 0 Å². The van der Waals surface area contributed by atoms with Crippen LogP contribution in [-0.2, 0) is 95.1 Å². The maximum Gasteiger partial charge on any atom is 0.397 e. The van der Waals surface area contributed by atoms with Crippen LogP contribution in [0.4, 0.5) is 0 Å². The lowest BCUT2D eigenvalue weighted by Crippen LogP contribution is -2.67. The van der Waals surface area contributed by atoms with Crippen LogP contribution in [0.3, 0.4) is 0 Å². The summed E-state index contributed by atoms with van der Waals surface area (Å²) >= 11 is 0. The lowest BCUT2D eigenvalue weighted by atomic mass is 9.96. The minimum atomic E-state index is -5.27. The quantitative estimate of drug-likeness (QED) is 0.0568. The molecule has 32 heteroatoms. The van der Waals surface area contributed by atoms with E-state index in [1.807, 2.05) is 0 Å². The standard InChI is InChI=1S/C39H62O31S/c1-53-31-27-18(45)13(7-56-27)62-37(31)69-28-21(48)36(61-12(6-42)24(28)70-71(50,51)52)66-23-15-9-58-30(23)33(55-3)39(64-15)68-26-17(44)11(5-41)60-35(20(26)47)65-22-14-8-57-29(22)32(54-2)38(63-14)67-25-16(43)10(4-40)59-34(49)19(25)46/h10-49H,4-9H2,1-3H3,(H,50,51,52)/t10-,11-,12-,13+,14+,15+,16+,17+,18-,19-,20-,21-,22-,23-,24+,25+,26+,27-,28-,29-,30-,31+,32+,33+,34+,35+,36+,37+,38+,39+/m1/s1. The Morgan fingerprint density at radius 3 is 1.30 bits per heavy atom. The SMILES string of the molecule is CO[C@@H]1[C@H](O[C@@H]2[C@@H](O)[C@@H](O)O[C@H](CO)[C@@H]2O)O[C@H]2CO[C@@H]1[C@@H]2O[C@@H]1O[C@H](CO)[C@H](O)[C@H](O[C@@H]2O[C@H]3CO[C@@H]([C@@H]2OC)[C@@H]3O[C@@H]2O[C@H](CO)[C@H](OS(=O)(=O)O)[C@H](O[C@@H]3O[C@H]4CO[C@H]([C@@H]4O)[C@@H]3OC)[C@H]2O)[C@H]1O. The molecule has 0 aromatic carbocycles. The Hall–Kier alpha value is -1.21. The molecule has 9 fully saturated rings. The molecule has 0 radical (unpaired) electrons. The van der Waals surface area contributed by atoms with Gasteiger partial charge in [-0.05, 0) is 0 Å². The van der Waals surface area contributed by atoms with Crippen LogP contribution < -0.4 is 0 Å². The number of hydrogen-bond donors (Lipinski definition) is 11. The van der Waals surface area contributed by atoms with Crippen LogP contribution in [0.25, 0.3) is 0 Å². The van der Waals surface area contributed by atoms with Crippen molar-refractivity contribution < 1.29 is 149 Å². The van der Waals surface area contributed by atoms with Crippen molar-refractivity contribution in [3.05, 3.63) is 0 Å². The second-order valence-electron chi connectivity index (χ2n) is 18.3. The normalized spacial score (nSPS) is 53.0. The van der Waals surface area contributed by atoms with Crippen molar-refractivity contribution in [2.24, 2.45) is 0 Å². The average molecular weight is 1060 g/mol. The van der Waals surface area contributed by atoms with Crippen LogP contribution in [0.1, 0.15) is 0 Å². The first-order valence-electron chi connectivity index (χ1n) is 22.8. The van der Waals surface area contributed by atoms with E-state index in [0.717, 1.165) is 0 Å². The molecular weight excluding hydrogens is 996 g/mol. The summed E-state index contributed by atoms with van der Waals surface area (Å²) in [6.07, 6.45) is -42.4. The molecule has 11 N–H and O–H groups in total. The van der Waals surface area contributed by atoms with Gasteiger partial charge in [0, 0.05) is 21.3 Å². The molecule has 0 spiro atoms. The number of aliphatic hydroxyl groups is 10. The van der Waals surface area contributed by atoms with E-state index in [4.69, 9.17) is 84.7 Å².